The fraction of sp³-hybridized carbons (Fsp3) is 0.462. The molecule has 0 atom stereocenters. The van der Waals surface area contributed by atoms with Gasteiger partial charge in [0, 0.05) is 11.6 Å². The zero-order chi connectivity index (χ0) is 12.3. The maximum Gasteiger partial charge on any atom is 0.251 e. The van der Waals surface area contributed by atoms with Gasteiger partial charge in [-0.25, -0.2) is 0 Å². The van der Waals surface area contributed by atoms with E-state index in [9.17, 15) is 9.90 Å². The van der Waals surface area contributed by atoms with Gasteiger partial charge >= 0.3 is 0 Å². The molecule has 2 rings (SSSR count). The molecule has 0 unspecified atom stereocenters. The van der Waals surface area contributed by atoms with Crippen molar-refractivity contribution in [1.29, 1.82) is 0 Å². The van der Waals surface area contributed by atoms with Gasteiger partial charge in [0.05, 0.1) is 5.69 Å². The summed E-state index contributed by atoms with van der Waals surface area (Å²) in [4.78, 5) is 11.9. The van der Waals surface area contributed by atoms with Crippen molar-refractivity contribution in [3.05, 3.63) is 23.8 Å². The number of rotatable bonds is 2. The number of hydrogen-bond donors (Lipinski definition) is 3. The average molecular weight is 234 g/mol. The molecule has 1 aliphatic carbocycles. The highest BCUT2D eigenvalue weighted by atomic mass is 16.3. The van der Waals surface area contributed by atoms with Gasteiger partial charge in [0.25, 0.3) is 5.91 Å². The van der Waals surface area contributed by atoms with Crippen LogP contribution < -0.4 is 11.1 Å². The predicted molar refractivity (Wildman–Crippen MR) is 66.9 cm³/mol. The van der Waals surface area contributed by atoms with E-state index in [1.54, 1.807) is 12.1 Å². The Morgan fingerprint density at radius 3 is 2.65 bits per heavy atom. The summed E-state index contributed by atoms with van der Waals surface area (Å²) in [7, 11) is 0. The molecule has 4 nitrogen and oxygen atoms in total. The zero-order valence-corrected chi connectivity index (χ0v) is 9.78. The zero-order valence-electron chi connectivity index (χ0n) is 9.78. The Bertz CT molecular complexity index is 412. The van der Waals surface area contributed by atoms with Crippen LogP contribution >= 0.6 is 0 Å². The molecule has 0 saturated heterocycles. The number of nitrogens with two attached hydrogens (primary N) is 1. The van der Waals surface area contributed by atoms with Gasteiger partial charge in [0.15, 0.2) is 0 Å². The molecular formula is C13H18N2O2. The van der Waals surface area contributed by atoms with Crippen LogP contribution in [-0.2, 0) is 0 Å². The lowest BCUT2D eigenvalue weighted by Gasteiger charge is -2.22. The van der Waals surface area contributed by atoms with E-state index < -0.39 is 0 Å². The number of phenols is 1. The van der Waals surface area contributed by atoms with Crippen LogP contribution in [0.1, 0.15) is 42.5 Å². The Balaban J connectivity index is 2.01. The first-order chi connectivity index (χ1) is 8.16. The summed E-state index contributed by atoms with van der Waals surface area (Å²) in [5, 5.41) is 12.4. The molecule has 0 aromatic heterocycles. The number of amides is 1. The number of anilines is 1. The molecule has 4 heteroatoms. The molecule has 1 amide bonds. The molecular weight excluding hydrogens is 216 g/mol. The molecule has 0 aliphatic heterocycles. The molecule has 0 heterocycles. The molecule has 0 spiro atoms. The third kappa shape index (κ3) is 2.90. The Morgan fingerprint density at radius 1 is 1.29 bits per heavy atom. The van der Waals surface area contributed by atoms with E-state index in [4.69, 9.17) is 5.73 Å². The Morgan fingerprint density at radius 2 is 2.00 bits per heavy atom. The van der Waals surface area contributed by atoms with Crippen LogP contribution in [0.4, 0.5) is 5.69 Å². The van der Waals surface area contributed by atoms with Crippen LogP contribution in [-0.4, -0.2) is 17.1 Å². The number of phenolic OH excluding ortho intramolecular Hbond substituents is 1. The summed E-state index contributed by atoms with van der Waals surface area (Å²) in [6.07, 6.45) is 5.71. The van der Waals surface area contributed by atoms with Crippen molar-refractivity contribution in [2.45, 2.75) is 38.1 Å². The van der Waals surface area contributed by atoms with E-state index in [2.05, 4.69) is 5.32 Å². The van der Waals surface area contributed by atoms with Crippen LogP contribution in [0.3, 0.4) is 0 Å². The first kappa shape index (κ1) is 11.8. The minimum Gasteiger partial charge on any atom is -0.506 e. The second-order valence-corrected chi connectivity index (χ2v) is 4.58. The van der Waals surface area contributed by atoms with Gasteiger partial charge in [-0.1, -0.05) is 19.3 Å². The molecule has 1 fully saturated rings. The van der Waals surface area contributed by atoms with Gasteiger partial charge in [-0.05, 0) is 31.0 Å². The molecule has 1 aliphatic rings. The SMILES string of the molecule is Nc1ccc(C(=O)NC2CCCCC2)cc1O. The van der Waals surface area contributed by atoms with E-state index in [1.165, 1.54) is 25.3 Å². The summed E-state index contributed by atoms with van der Waals surface area (Å²) in [5.74, 6) is -0.173. The van der Waals surface area contributed by atoms with E-state index in [0.29, 0.717) is 11.3 Å². The van der Waals surface area contributed by atoms with Crippen molar-refractivity contribution in [1.82, 2.24) is 5.32 Å². The topological polar surface area (TPSA) is 75.4 Å². The van der Waals surface area contributed by atoms with E-state index in [1.807, 2.05) is 0 Å². The Kier molecular flexibility index (Phi) is 3.52. The largest absolute Gasteiger partial charge is 0.506 e. The first-order valence-corrected chi connectivity index (χ1v) is 6.06. The smallest absolute Gasteiger partial charge is 0.251 e. The number of carbonyl (C=O) groups excluding carboxylic acids is 1. The van der Waals surface area contributed by atoms with Crippen molar-refractivity contribution in [2.24, 2.45) is 0 Å². The molecule has 17 heavy (non-hydrogen) atoms. The van der Waals surface area contributed by atoms with Crippen molar-refractivity contribution in [3.8, 4) is 5.75 Å². The summed E-state index contributed by atoms with van der Waals surface area (Å²) < 4.78 is 0. The number of aromatic hydroxyl groups is 1. The lowest BCUT2D eigenvalue weighted by molar-refractivity contribution is 0.0927. The third-order valence-corrected chi connectivity index (χ3v) is 3.23. The summed E-state index contributed by atoms with van der Waals surface area (Å²) >= 11 is 0. The maximum absolute atomic E-state index is 11.9. The van der Waals surface area contributed by atoms with Gasteiger partial charge in [-0.15, -0.1) is 0 Å². The third-order valence-electron chi connectivity index (χ3n) is 3.23. The van der Waals surface area contributed by atoms with Gasteiger partial charge in [-0.2, -0.15) is 0 Å². The van der Waals surface area contributed by atoms with Crippen LogP contribution in [0.2, 0.25) is 0 Å². The van der Waals surface area contributed by atoms with Crippen LogP contribution in [0.25, 0.3) is 0 Å². The fourth-order valence-corrected chi connectivity index (χ4v) is 2.20. The van der Waals surface area contributed by atoms with Crippen molar-refractivity contribution >= 4 is 11.6 Å². The quantitative estimate of drug-likeness (QED) is 0.541. The summed E-state index contributed by atoms with van der Waals surface area (Å²) in [6, 6.07) is 4.86. The summed E-state index contributed by atoms with van der Waals surface area (Å²) in [5.41, 5.74) is 6.24. The van der Waals surface area contributed by atoms with Gasteiger partial charge in [-0.3, -0.25) is 4.79 Å². The molecule has 1 aromatic carbocycles. The molecule has 0 bridgehead atoms. The maximum atomic E-state index is 11.9. The van der Waals surface area contributed by atoms with E-state index in [0.717, 1.165) is 12.8 Å². The highest BCUT2D eigenvalue weighted by Gasteiger charge is 2.16. The van der Waals surface area contributed by atoms with E-state index >= 15 is 0 Å². The molecule has 0 radical (unpaired) electrons. The summed E-state index contributed by atoms with van der Waals surface area (Å²) in [6.45, 7) is 0. The average Bonchev–Trinajstić information content (AvgIpc) is 2.34. The van der Waals surface area contributed by atoms with Crippen LogP contribution in [0, 0.1) is 0 Å². The standard InChI is InChI=1S/C13H18N2O2/c14-11-7-6-9(8-12(11)16)13(17)15-10-4-2-1-3-5-10/h6-8,10,16H,1-5,14H2,(H,15,17). The van der Waals surface area contributed by atoms with Crippen LogP contribution in [0.5, 0.6) is 5.75 Å². The normalized spacial score (nSPS) is 16.7. The second-order valence-electron chi connectivity index (χ2n) is 4.58. The minimum atomic E-state index is -0.132. The highest BCUT2D eigenvalue weighted by Crippen LogP contribution is 2.22. The lowest BCUT2D eigenvalue weighted by atomic mass is 9.95. The lowest BCUT2D eigenvalue weighted by Crippen LogP contribution is -2.36. The van der Waals surface area contributed by atoms with Crippen molar-refractivity contribution in [3.63, 3.8) is 0 Å². The molecule has 4 N–H and O–H groups in total. The molecule has 92 valence electrons. The monoisotopic (exact) mass is 234 g/mol. The number of hydrogen-bond acceptors (Lipinski definition) is 3. The Labute approximate surface area is 101 Å². The highest BCUT2D eigenvalue weighted by molar-refractivity contribution is 5.95. The number of nitrogen functional groups attached to an aromatic ring is 1. The van der Waals surface area contributed by atoms with Gasteiger partial charge < -0.3 is 16.2 Å². The second kappa shape index (κ2) is 5.08. The fourth-order valence-electron chi connectivity index (χ4n) is 2.20. The van der Waals surface area contributed by atoms with Crippen molar-refractivity contribution < 1.29 is 9.90 Å². The van der Waals surface area contributed by atoms with Crippen LogP contribution in [0.15, 0.2) is 18.2 Å². The number of benzene rings is 1. The van der Waals surface area contributed by atoms with Gasteiger partial charge in [0.2, 0.25) is 0 Å². The van der Waals surface area contributed by atoms with E-state index in [-0.39, 0.29) is 17.7 Å². The first-order valence-electron chi connectivity index (χ1n) is 6.06. The molecule has 1 aromatic rings. The Hall–Kier alpha value is -1.71. The predicted octanol–water partition coefficient (Wildman–Crippen LogP) is 2.04. The molecule has 1 saturated carbocycles. The minimum absolute atomic E-state index is 0.0405. The van der Waals surface area contributed by atoms with Gasteiger partial charge in [0.1, 0.15) is 5.75 Å². The number of carbonyl (C=O) groups is 1. The number of nitrogens with one attached hydrogen (secondary N) is 1. The van der Waals surface area contributed by atoms with Crippen molar-refractivity contribution in [2.75, 3.05) is 5.73 Å².